The molecular formula is C33H40O2. The van der Waals surface area contributed by atoms with Crippen LogP contribution in [0.3, 0.4) is 0 Å². The van der Waals surface area contributed by atoms with Crippen molar-refractivity contribution in [1.29, 1.82) is 0 Å². The van der Waals surface area contributed by atoms with E-state index in [2.05, 4.69) is 117 Å². The summed E-state index contributed by atoms with van der Waals surface area (Å²) in [5.74, 6) is 2.74. The summed E-state index contributed by atoms with van der Waals surface area (Å²) in [6, 6.07) is 20.1. The Balaban J connectivity index is 2.06. The first-order valence-electron chi connectivity index (χ1n) is 13.0. The van der Waals surface area contributed by atoms with Gasteiger partial charge in [-0.3, -0.25) is 0 Å². The Labute approximate surface area is 211 Å². The molecule has 2 nitrogen and oxygen atoms in total. The molecule has 4 aromatic rings. The molecule has 0 N–H and O–H groups in total. The molecule has 2 heteroatoms. The number of ether oxygens (including phenoxy) is 2. The van der Waals surface area contributed by atoms with Crippen molar-refractivity contribution >= 4 is 21.5 Å². The van der Waals surface area contributed by atoms with Gasteiger partial charge in [0.05, 0.1) is 12.2 Å². The predicted molar refractivity (Wildman–Crippen MR) is 151 cm³/mol. The summed E-state index contributed by atoms with van der Waals surface area (Å²) in [6.07, 6.45) is 0.240. The summed E-state index contributed by atoms with van der Waals surface area (Å²) >= 11 is 0. The third-order valence-electron chi connectivity index (χ3n) is 6.58. The van der Waals surface area contributed by atoms with Crippen molar-refractivity contribution in [3.05, 3.63) is 71.3 Å². The topological polar surface area (TPSA) is 18.5 Å². The Morgan fingerprint density at radius 2 is 1.26 bits per heavy atom. The molecular weight excluding hydrogens is 428 g/mol. The Hall–Kier alpha value is -3.00. The lowest BCUT2D eigenvalue weighted by molar-refractivity contribution is 0.244. The van der Waals surface area contributed by atoms with E-state index in [0.717, 1.165) is 11.5 Å². The molecule has 0 aromatic heterocycles. The van der Waals surface area contributed by atoms with Gasteiger partial charge in [0.25, 0.3) is 0 Å². The summed E-state index contributed by atoms with van der Waals surface area (Å²) in [5.41, 5.74) is 6.40. The molecule has 0 aliphatic heterocycles. The van der Waals surface area contributed by atoms with Gasteiger partial charge in [-0.15, -0.1) is 0 Å². The van der Waals surface area contributed by atoms with E-state index in [0.29, 0.717) is 11.8 Å². The molecule has 0 amide bonds. The number of fused-ring (bicyclic) bond motifs is 2. The van der Waals surface area contributed by atoms with Crippen LogP contribution in [0.4, 0.5) is 0 Å². The van der Waals surface area contributed by atoms with Crippen LogP contribution in [0.25, 0.3) is 32.7 Å². The number of hydrogen-bond donors (Lipinski definition) is 0. The Bertz CT molecular complexity index is 1360. The van der Waals surface area contributed by atoms with E-state index in [1.165, 1.54) is 49.4 Å². The maximum atomic E-state index is 6.33. The molecule has 0 bridgehead atoms. The van der Waals surface area contributed by atoms with Crippen LogP contribution < -0.4 is 9.47 Å². The fourth-order valence-electron chi connectivity index (χ4n) is 5.18. The summed E-state index contributed by atoms with van der Waals surface area (Å²) in [7, 11) is 0. The standard InChI is InChI=1S/C33H40O2/c1-19(2)28-16-23(9)33(35-22(7)8)27-15-14-24(17-30(27)28)29-18-31(34-21(5)6)25-12-10-11-13-26(25)32(29)20(3)4/h10-22H,1-9H3. The van der Waals surface area contributed by atoms with Gasteiger partial charge < -0.3 is 9.47 Å². The van der Waals surface area contributed by atoms with Crippen LogP contribution in [0.2, 0.25) is 0 Å². The van der Waals surface area contributed by atoms with Gasteiger partial charge in [-0.2, -0.15) is 0 Å². The molecule has 0 aliphatic carbocycles. The molecule has 0 radical (unpaired) electrons. The highest BCUT2D eigenvalue weighted by atomic mass is 16.5. The zero-order chi connectivity index (χ0) is 25.4. The van der Waals surface area contributed by atoms with Crippen LogP contribution in [0, 0.1) is 6.92 Å². The summed E-state index contributed by atoms with van der Waals surface area (Å²) < 4.78 is 12.6. The Kier molecular flexibility index (Phi) is 7.12. The normalized spacial score (nSPS) is 12.0. The van der Waals surface area contributed by atoms with Crippen molar-refractivity contribution in [1.82, 2.24) is 0 Å². The van der Waals surface area contributed by atoms with E-state index in [9.17, 15) is 0 Å². The molecule has 0 saturated heterocycles. The van der Waals surface area contributed by atoms with Crippen molar-refractivity contribution in [2.45, 2.75) is 86.4 Å². The molecule has 4 aromatic carbocycles. The average molecular weight is 469 g/mol. The molecule has 0 heterocycles. The SMILES string of the molecule is Cc1cc(C(C)C)c2cc(-c3cc(OC(C)C)c4ccccc4c3C(C)C)ccc2c1OC(C)C. The second kappa shape index (κ2) is 9.93. The first kappa shape index (κ1) is 25.1. The second-order valence-corrected chi connectivity index (χ2v) is 10.9. The lowest BCUT2D eigenvalue weighted by Gasteiger charge is -2.23. The zero-order valence-electron chi connectivity index (χ0n) is 22.8. The van der Waals surface area contributed by atoms with Crippen molar-refractivity contribution < 1.29 is 9.47 Å². The van der Waals surface area contributed by atoms with Gasteiger partial charge in [-0.05, 0) is 97.2 Å². The van der Waals surface area contributed by atoms with Crippen molar-refractivity contribution in [3.8, 4) is 22.6 Å². The van der Waals surface area contributed by atoms with Crippen molar-refractivity contribution in [2.24, 2.45) is 0 Å². The monoisotopic (exact) mass is 468 g/mol. The van der Waals surface area contributed by atoms with Gasteiger partial charge in [-0.1, -0.05) is 70.2 Å². The van der Waals surface area contributed by atoms with Gasteiger partial charge in [0, 0.05) is 10.8 Å². The van der Waals surface area contributed by atoms with E-state index in [1.807, 2.05) is 0 Å². The van der Waals surface area contributed by atoms with E-state index in [-0.39, 0.29) is 12.2 Å². The lowest BCUT2D eigenvalue weighted by atomic mass is 9.85. The van der Waals surface area contributed by atoms with Gasteiger partial charge in [-0.25, -0.2) is 0 Å². The second-order valence-electron chi connectivity index (χ2n) is 10.9. The van der Waals surface area contributed by atoms with Crippen LogP contribution in [0.1, 0.15) is 83.9 Å². The molecule has 0 spiro atoms. The maximum absolute atomic E-state index is 6.33. The fourth-order valence-corrected chi connectivity index (χ4v) is 5.18. The van der Waals surface area contributed by atoms with E-state index in [1.54, 1.807) is 0 Å². The van der Waals surface area contributed by atoms with Crippen LogP contribution in [0.5, 0.6) is 11.5 Å². The minimum absolute atomic E-state index is 0.110. The first-order valence-corrected chi connectivity index (χ1v) is 13.0. The van der Waals surface area contributed by atoms with Crippen molar-refractivity contribution in [3.63, 3.8) is 0 Å². The van der Waals surface area contributed by atoms with Crippen LogP contribution in [-0.2, 0) is 0 Å². The number of rotatable bonds is 7. The molecule has 35 heavy (non-hydrogen) atoms. The highest BCUT2D eigenvalue weighted by molar-refractivity contribution is 6.00. The molecule has 4 rings (SSSR count). The fraction of sp³-hybridized carbons (Fsp3) is 0.394. The largest absolute Gasteiger partial charge is 0.490 e. The van der Waals surface area contributed by atoms with Crippen LogP contribution in [0.15, 0.2) is 54.6 Å². The smallest absolute Gasteiger partial charge is 0.130 e. The maximum Gasteiger partial charge on any atom is 0.130 e. The zero-order valence-corrected chi connectivity index (χ0v) is 22.8. The minimum atomic E-state index is 0.110. The molecule has 0 fully saturated rings. The number of aryl methyl sites for hydroxylation is 1. The Morgan fingerprint density at radius 1 is 0.600 bits per heavy atom. The quantitative estimate of drug-likeness (QED) is 0.269. The van der Waals surface area contributed by atoms with Gasteiger partial charge >= 0.3 is 0 Å². The molecule has 0 aliphatic rings. The number of benzene rings is 4. The van der Waals surface area contributed by atoms with Crippen LogP contribution in [-0.4, -0.2) is 12.2 Å². The van der Waals surface area contributed by atoms with Crippen LogP contribution >= 0.6 is 0 Å². The minimum Gasteiger partial charge on any atom is -0.490 e. The summed E-state index contributed by atoms with van der Waals surface area (Å²) in [5, 5.41) is 4.91. The predicted octanol–water partition coefficient (Wildman–Crippen LogP) is 9.79. The molecule has 0 saturated carbocycles. The third kappa shape index (κ3) is 4.89. The van der Waals surface area contributed by atoms with Crippen molar-refractivity contribution in [2.75, 3.05) is 0 Å². The average Bonchev–Trinajstić information content (AvgIpc) is 2.79. The number of hydrogen-bond acceptors (Lipinski definition) is 2. The van der Waals surface area contributed by atoms with Gasteiger partial charge in [0.2, 0.25) is 0 Å². The first-order chi connectivity index (χ1) is 16.6. The highest BCUT2D eigenvalue weighted by Gasteiger charge is 2.20. The van der Waals surface area contributed by atoms with E-state index < -0.39 is 0 Å². The summed E-state index contributed by atoms with van der Waals surface area (Å²) in [6.45, 7) is 19.6. The highest BCUT2D eigenvalue weighted by Crippen LogP contribution is 2.43. The van der Waals surface area contributed by atoms with E-state index in [4.69, 9.17) is 9.47 Å². The molecule has 0 unspecified atom stereocenters. The third-order valence-corrected chi connectivity index (χ3v) is 6.58. The molecule has 184 valence electrons. The van der Waals surface area contributed by atoms with Gasteiger partial charge in [0.15, 0.2) is 0 Å². The lowest BCUT2D eigenvalue weighted by Crippen LogP contribution is -2.08. The van der Waals surface area contributed by atoms with Gasteiger partial charge in [0.1, 0.15) is 11.5 Å². The summed E-state index contributed by atoms with van der Waals surface area (Å²) in [4.78, 5) is 0. The molecule has 0 atom stereocenters. The van der Waals surface area contributed by atoms with E-state index >= 15 is 0 Å². The Morgan fingerprint density at radius 3 is 1.86 bits per heavy atom.